The first kappa shape index (κ1) is 20.5. The Balaban J connectivity index is 1.69. The second-order valence-electron chi connectivity index (χ2n) is 5.99. The summed E-state index contributed by atoms with van der Waals surface area (Å²) in [5.74, 6) is 0.836. The van der Waals surface area contributed by atoms with E-state index in [1.54, 1.807) is 56.5 Å². The highest BCUT2D eigenvalue weighted by Gasteiger charge is 2.13. The Labute approximate surface area is 171 Å². The van der Waals surface area contributed by atoms with Crippen LogP contribution in [0, 0.1) is 6.92 Å². The lowest BCUT2D eigenvalue weighted by atomic mass is 10.2. The Bertz CT molecular complexity index is 1130. The van der Waals surface area contributed by atoms with Gasteiger partial charge in [-0.15, -0.1) is 10.2 Å². The number of carbonyl (C=O) groups is 1. The summed E-state index contributed by atoms with van der Waals surface area (Å²) in [5.41, 5.74) is 3.52. The number of benzene rings is 2. The smallest absolute Gasteiger partial charge is 0.343 e. The number of aryl methyl sites for hydroxylation is 1. The lowest BCUT2D eigenvalue weighted by Gasteiger charge is -2.10. The van der Waals surface area contributed by atoms with Gasteiger partial charge in [0.25, 0.3) is 5.56 Å². The van der Waals surface area contributed by atoms with E-state index in [4.69, 9.17) is 14.2 Å². The largest absolute Gasteiger partial charge is 0.497 e. The number of H-pyrrole nitrogens is 1. The molecule has 0 amide bonds. The van der Waals surface area contributed by atoms with Gasteiger partial charge in [0.1, 0.15) is 11.4 Å². The van der Waals surface area contributed by atoms with Crippen LogP contribution in [0.1, 0.15) is 21.6 Å². The molecule has 0 atom stereocenters. The Morgan fingerprint density at radius 3 is 2.50 bits per heavy atom. The van der Waals surface area contributed by atoms with Crippen molar-refractivity contribution in [2.75, 3.05) is 19.6 Å². The van der Waals surface area contributed by atoms with Crippen LogP contribution in [-0.2, 0) is 0 Å². The van der Waals surface area contributed by atoms with Crippen LogP contribution in [0.2, 0.25) is 0 Å². The zero-order valence-electron chi connectivity index (χ0n) is 16.5. The van der Waals surface area contributed by atoms with Crippen molar-refractivity contribution in [2.24, 2.45) is 5.10 Å². The number of hydrogen-bond acceptors (Lipinski definition) is 9. The van der Waals surface area contributed by atoms with Crippen molar-refractivity contribution >= 4 is 18.1 Å². The topological polar surface area (TPSA) is 128 Å². The second kappa shape index (κ2) is 9.32. The van der Waals surface area contributed by atoms with Gasteiger partial charge in [-0.25, -0.2) is 10.2 Å². The van der Waals surface area contributed by atoms with Crippen LogP contribution in [0.4, 0.5) is 5.95 Å². The molecule has 0 radical (unpaired) electrons. The summed E-state index contributed by atoms with van der Waals surface area (Å²) in [6.45, 7) is 1.55. The molecule has 0 saturated heterocycles. The molecule has 0 saturated carbocycles. The molecule has 1 aromatic heterocycles. The van der Waals surface area contributed by atoms with E-state index in [1.807, 2.05) is 0 Å². The standard InChI is InChI=1S/C20H19N5O5/c1-12-18(26)22-20(25-23-12)24-21-11-13-4-9-16(17(10-13)29-3)30-19(27)14-5-7-15(28-2)8-6-14/h4-11H,1-3H3,(H2,22,24,25,26)/b21-11-. The Kier molecular flexibility index (Phi) is 6.38. The quantitative estimate of drug-likeness (QED) is 0.263. The molecular weight excluding hydrogens is 390 g/mol. The Hall–Kier alpha value is -4.21. The molecule has 2 aromatic carbocycles. The summed E-state index contributed by atoms with van der Waals surface area (Å²) in [7, 11) is 3.01. The summed E-state index contributed by atoms with van der Waals surface area (Å²) < 4.78 is 15.8. The fraction of sp³-hybridized carbons (Fsp3) is 0.150. The van der Waals surface area contributed by atoms with E-state index < -0.39 is 5.97 Å². The van der Waals surface area contributed by atoms with Crippen molar-refractivity contribution in [3.63, 3.8) is 0 Å². The molecule has 1 heterocycles. The number of hydrogen-bond donors (Lipinski definition) is 2. The molecule has 0 aliphatic carbocycles. The fourth-order valence-electron chi connectivity index (χ4n) is 2.35. The molecule has 0 unspecified atom stereocenters. The monoisotopic (exact) mass is 409 g/mol. The van der Waals surface area contributed by atoms with Crippen molar-refractivity contribution < 1.29 is 19.0 Å². The average Bonchev–Trinajstić information content (AvgIpc) is 2.77. The predicted octanol–water partition coefficient (Wildman–Crippen LogP) is 2.16. The fourth-order valence-corrected chi connectivity index (χ4v) is 2.35. The lowest BCUT2D eigenvalue weighted by molar-refractivity contribution is 0.0729. The number of nitrogens with one attached hydrogen (secondary N) is 2. The molecule has 30 heavy (non-hydrogen) atoms. The van der Waals surface area contributed by atoms with Gasteiger partial charge >= 0.3 is 5.97 Å². The molecule has 0 spiro atoms. The van der Waals surface area contributed by atoms with E-state index in [2.05, 4.69) is 25.7 Å². The summed E-state index contributed by atoms with van der Waals surface area (Å²) in [4.78, 5) is 26.3. The highest BCUT2D eigenvalue weighted by molar-refractivity contribution is 5.91. The number of anilines is 1. The number of esters is 1. The second-order valence-corrected chi connectivity index (χ2v) is 5.99. The number of carbonyl (C=O) groups excluding carboxylic acids is 1. The molecule has 10 nitrogen and oxygen atoms in total. The first-order valence-corrected chi connectivity index (χ1v) is 8.77. The van der Waals surface area contributed by atoms with Crippen LogP contribution < -0.4 is 25.2 Å². The van der Waals surface area contributed by atoms with Gasteiger partial charge in [0, 0.05) is 0 Å². The number of nitrogens with zero attached hydrogens (tertiary/aromatic N) is 3. The molecule has 0 bridgehead atoms. The van der Waals surface area contributed by atoms with Crippen molar-refractivity contribution in [1.29, 1.82) is 0 Å². The first-order valence-electron chi connectivity index (χ1n) is 8.77. The highest BCUT2D eigenvalue weighted by atomic mass is 16.6. The van der Waals surface area contributed by atoms with Crippen LogP contribution in [0.5, 0.6) is 17.2 Å². The number of aromatic nitrogens is 3. The van der Waals surface area contributed by atoms with Crippen LogP contribution >= 0.6 is 0 Å². The van der Waals surface area contributed by atoms with Gasteiger partial charge in [-0.1, -0.05) is 0 Å². The van der Waals surface area contributed by atoms with E-state index in [-0.39, 0.29) is 23.0 Å². The van der Waals surface area contributed by atoms with E-state index in [1.165, 1.54) is 13.3 Å². The van der Waals surface area contributed by atoms with Gasteiger partial charge in [0.05, 0.1) is 26.0 Å². The zero-order chi connectivity index (χ0) is 21.5. The van der Waals surface area contributed by atoms with Crippen LogP contribution in [-0.4, -0.2) is 41.6 Å². The van der Waals surface area contributed by atoms with Crippen LogP contribution in [0.25, 0.3) is 0 Å². The minimum absolute atomic E-state index is 0.110. The molecule has 154 valence electrons. The number of ether oxygens (including phenoxy) is 3. The molecule has 10 heteroatoms. The van der Waals surface area contributed by atoms with Crippen molar-refractivity contribution in [3.8, 4) is 17.2 Å². The first-order chi connectivity index (χ1) is 14.5. The Morgan fingerprint density at radius 1 is 1.07 bits per heavy atom. The van der Waals surface area contributed by atoms with E-state index in [0.717, 1.165) is 0 Å². The van der Waals surface area contributed by atoms with Gasteiger partial charge in [0.15, 0.2) is 11.5 Å². The van der Waals surface area contributed by atoms with Crippen LogP contribution in [0.3, 0.4) is 0 Å². The van der Waals surface area contributed by atoms with Crippen molar-refractivity contribution in [3.05, 3.63) is 69.6 Å². The predicted molar refractivity (Wildman–Crippen MR) is 110 cm³/mol. The molecule has 0 aliphatic heterocycles. The normalized spacial score (nSPS) is 10.6. The van der Waals surface area contributed by atoms with Crippen molar-refractivity contribution in [2.45, 2.75) is 6.92 Å². The Morgan fingerprint density at radius 2 is 1.83 bits per heavy atom. The summed E-state index contributed by atoms with van der Waals surface area (Å²) in [6, 6.07) is 11.5. The van der Waals surface area contributed by atoms with Gasteiger partial charge in [-0.3, -0.25) is 9.78 Å². The average molecular weight is 409 g/mol. The lowest BCUT2D eigenvalue weighted by Crippen LogP contribution is -2.15. The number of methoxy groups -OCH3 is 2. The molecule has 0 fully saturated rings. The maximum atomic E-state index is 12.4. The van der Waals surface area contributed by atoms with Gasteiger partial charge < -0.3 is 14.2 Å². The number of aromatic amines is 1. The molecule has 3 aromatic rings. The molecular formula is C20H19N5O5. The van der Waals surface area contributed by atoms with Gasteiger partial charge in [-0.2, -0.15) is 5.10 Å². The SMILES string of the molecule is COc1ccc(C(=O)Oc2ccc(/C=N\Nc3nnc(C)c(=O)[nH]3)cc2OC)cc1. The molecule has 0 aliphatic rings. The van der Waals surface area contributed by atoms with Crippen molar-refractivity contribution in [1.82, 2.24) is 15.2 Å². The van der Waals surface area contributed by atoms with Gasteiger partial charge in [0.2, 0.25) is 5.95 Å². The third-order valence-corrected chi connectivity index (χ3v) is 3.96. The maximum absolute atomic E-state index is 12.4. The summed E-state index contributed by atoms with van der Waals surface area (Å²) in [5, 5.41) is 11.5. The van der Waals surface area contributed by atoms with Gasteiger partial charge in [-0.05, 0) is 55.0 Å². The number of rotatable bonds is 7. The third-order valence-electron chi connectivity index (χ3n) is 3.96. The number of hydrazone groups is 1. The highest BCUT2D eigenvalue weighted by Crippen LogP contribution is 2.28. The third kappa shape index (κ3) is 4.98. The summed E-state index contributed by atoms with van der Waals surface area (Å²) in [6.07, 6.45) is 1.48. The van der Waals surface area contributed by atoms with E-state index in [0.29, 0.717) is 22.6 Å². The maximum Gasteiger partial charge on any atom is 0.343 e. The van der Waals surface area contributed by atoms with Crippen LogP contribution in [0.15, 0.2) is 52.4 Å². The zero-order valence-corrected chi connectivity index (χ0v) is 16.5. The minimum atomic E-state index is -0.527. The van der Waals surface area contributed by atoms with E-state index in [9.17, 15) is 9.59 Å². The van der Waals surface area contributed by atoms with E-state index >= 15 is 0 Å². The minimum Gasteiger partial charge on any atom is -0.497 e. The molecule has 3 rings (SSSR count). The molecule has 2 N–H and O–H groups in total. The summed E-state index contributed by atoms with van der Waals surface area (Å²) >= 11 is 0.